The molecule has 2 unspecified atom stereocenters. The van der Waals surface area contributed by atoms with Crippen LogP contribution in [0.25, 0.3) is 0 Å². The highest BCUT2D eigenvalue weighted by molar-refractivity contribution is 5.79. The topological polar surface area (TPSA) is 64.8 Å². The summed E-state index contributed by atoms with van der Waals surface area (Å²) in [5.41, 5.74) is 5.87. The largest absolute Gasteiger partial charge is 0.377 e. The van der Waals surface area contributed by atoms with E-state index in [9.17, 15) is 4.79 Å². The third kappa shape index (κ3) is 2.84. The van der Waals surface area contributed by atoms with Gasteiger partial charge in [-0.15, -0.1) is 0 Å². The maximum absolute atomic E-state index is 12.4. The van der Waals surface area contributed by atoms with Crippen LogP contribution in [0.2, 0.25) is 0 Å². The van der Waals surface area contributed by atoms with Gasteiger partial charge < -0.3 is 20.1 Å². The summed E-state index contributed by atoms with van der Waals surface area (Å²) >= 11 is 0. The molecule has 1 heterocycles. The number of carbonyl (C=O) groups is 1. The van der Waals surface area contributed by atoms with Crippen LogP contribution in [0.3, 0.4) is 0 Å². The number of carbonyl (C=O) groups excluding carboxylic acids is 1. The Morgan fingerprint density at radius 1 is 1.06 bits per heavy atom. The SMILES string of the molecule is COC1CN(C(=O)C2CCC(N)CC2)CC1OC. The molecule has 0 spiro atoms. The summed E-state index contributed by atoms with van der Waals surface area (Å²) in [5, 5.41) is 0. The molecule has 5 nitrogen and oxygen atoms in total. The molecule has 0 aromatic carbocycles. The summed E-state index contributed by atoms with van der Waals surface area (Å²) in [6.07, 6.45) is 3.78. The van der Waals surface area contributed by atoms with Crippen molar-refractivity contribution in [1.29, 1.82) is 0 Å². The van der Waals surface area contributed by atoms with E-state index in [-0.39, 0.29) is 30.1 Å². The Hall–Kier alpha value is -0.650. The summed E-state index contributed by atoms with van der Waals surface area (Å²) in [6, 6.07) is 0.283. The van der Waals surface area contributed by atoms with Gasteiger partial charge in [0.25, 0.3) is 0 Å². The lowest BCUT2D eigenvalue weighted by atomic mass is 9.85. The van der Waals surface area contributed by atoms with Crippen molar-refractivity contribution >= 4 is 5.91 Å². The molecule has 2 atom stereocenters. The van der Waals surface area contributed by atoms with Crippen molar-refractivity contribution in [3.63, 3.8) is 0 Å². The van der Waals surface area contributed by atoms with Crippen molar-refractivity contribution in [3.8, 4) is 0 Å². The van der Waals surface area contributed by atoms with Gasteiger partial charge in [0.15, 0.2) is 0 Å². The van der Waals surface area contributed by atoms with Crippen LogP contribution in [0.1, 0.15) is 25.7 Å². The van der Waals surface area contributed by atoms with E-state index in [2.05, 4.69) is 0 Å². The average Bonchev–Trinajstić information content (AvgIpc) is 2.82. The molecule has 0 aromatic heterocycles. The number of nitrogens with two attached hydrogens (primary N) is 1. The number of rotatable bonds is 3. The second-order valence-electron chi connectivity index (χ2n) is 5.40. The molecule has 18 heavy (non-hydrogen) atoms. The standard InChI is InChI=1S/C13H24N2O3/c1-17-11-7-15(8-12(11)18-2)13(16)9-3-5-10(14)6-4-9/h9-12H,3-8,14H2,1-2H3. The summed E-state index contributed by atoms with van der Waals surface area (Å²) in [5.74, 6) is 0.404. The number of ether oxygens (including phenoxy) is 2. The van der Waals surface area contributed by atoms with Gasteiger partial charge in [0.05, 0.1) is 0 Å². The highest BCUT2D eigenvalue weighted by atomic mass is 16.5. The number of methoxy groups -OCH3 is 2. The van der Waals surface area contributed by atoms with Crippen LogP contribution in [-0.4, -0.2) is 56.4 Å². The van der Waals surface area contributed by atoms with E-state index < -0.39 is 0 Å². The lowest BCUT2D eigenvalue weighted by molar-refractivity contribution is -0.136. The minimum absolute atomic E-state index is 0.00444. The normalized spacial score (nSPS) is 36.9. The van der Waals surface area contributed by atoms with Crippen molar-refractivity contribution in [2.45, 2.75) is 43.9 Å². The number of hydrogen-bond acceptors (Lipinski definition) is 4. The highest BCUT2D eigenvalue weighted by Crippen LogP contribution is 2.27. The lowest BCUT2D eigenvalue weighted by Crippen LogP contribution is -2.39. The van der Waals surface area contributed by atoms with Gasteiger partial charge in [0, 0.05) is 39.3 Å². The molecule has 2 fully saturated rings. The van der Waals surface area contributed by atoms with E-state index in [0.29, 0.717) is 13.1 Å². The van der Waals surface area contributed by atoms with Gasteiger partial charge >= 0.3 is 0 Å². The first kappa shape index (κ1) is 13.8. The molecular formula is C13H24N2O3. The van der Waals surface area contributed by atoms with Crippen LogP contribution < -0.4 is 5.73 Å². The van der Waals surface area contributed by atoms with Crippen LogP contribution in [0, 0.1) is 5.92 Å². The minimum atomic E-state index is 0.00444. The van der Waals surface area contributed by atoms with Crippen molar-refractivity contribution in [2.75, 3.05) is 27.3 Å². The molecule has 0 aromatic rings. The van der Waals surface area contributed by atoms with Gasteiger partial charge in [-0.05, 0) is 25.7 Å². The highest BCUT2D eigenvalue weighted by Gasteiger charge is 2.38. The first-order chi connectivity index (χ1) is 8.65. The zero-order valence-corrected chi connectivity index (χ0v) is 11.3. The molecule has 1 amide bonds. The Morgan fingerprint density at radius 2 is 1.56 bits per heavy atom. The molecule has 0 bridgehead atoms. The first-order valence-electron chi connectivity index (χ1n) is 6.75. The van der Waals surface area contributed by atoms with Crippen LogP contribution in [0.5, 0.6) is 0 Å². The minimum Gasteiger partial charge on any atom is -0.377 e. The predicted molar refractivity (Wildman–Crippen MR) is 68.1 cm³/mol. The van der Waals surface area contributed by atoms with E-state index in [1.165, 1.54) is 0 Å². The predicted octanol–water partition coefficient (Wildman–Crippen LogP) is 0.376. The Kier molecular flexibility index (Phi) is 4.59. The maximum Gasteiger partial charge on any atom is 0.225 e. The number of likely N-dealkylation sites (tertiary alicyclic amines) is 1. The van der Waals surface area contributed by atoms with Crippen molar-refractivity contribution < 1.29 is 14.3 Å². The van der Waals surface area contributed by atoms with Crippen molar-refractivity contribution in [1.82, 2.24) is 4.90 Å². The molecule has 2 N–H and O–H groups in total. The zero-order chi connectivity index (χ0) is 13.1. The molecule has 104 valence electrons. The molecule has 1 saturated heterocycles. The van der Waals surface area contributed by atoms with Gasteiger partial charge in [-0.3, -0.25) is 4.79 Å². The molecule has 1 aliphatic carbocycles. The molecule has 5 heteroatoms. The maximum atomic E-state index is 12.4. The van der Waals surface area contributed by atoms with E-state index in [4.69, 9.17) is 15.2 Å². The van der Waals surface area contributed by atoms with Crippen molar-refractivity contribution in [2.24, 2.45) is 11.7 Å². The Labute approximate surface area is 109 Å². The Bertz CT molecular complexity index is 278. The molecule has 1 saturated carbocycles. The third-order valence-corrected chi connectivity index (χ3v) is 4.25. The summed E-state index contributed by atoms with van der Waals surface area (Å²) in [7, 11) is 3.34. The fourth-order valence-corrected chi connectivity index (χ4v) is 3.00. The van der Waals surface area contributed by atoms with E-state index in [1.54, 1.807) is 14.2 Å². The molecule has 0 radical (unpaired) electrons. The second kappa shape index (κ2) is 5.99. The van der Waals surface area contributed by atoms with E-state index in [1.807, 2.05) is 4.90 Å². The van der Waals surface area contributed by atoms with E-state index in [0.717, 1.165) is 25.7 Å². The van der Waals surface area contributed by atoms with Crippen LogP contribution >= 0.6 is 0 Å². The number of hydrogen-bond donors (Lipinski definition) is 1. The monoisotopic (exact) mass is 256 g/mol. The smallest absolute Gasteiger partial charge is 0.225 e. The van der Waals surface area contributed by atoms with Crippen LogP contribution in [-0.2, 0) is 14.3 Å². The van der Waals surface area contributed by atoms with Crippen LogP contribution in [0.15, 0.2) is 0 Å². The van der Waals surface area contributed by atoms with Gasteiger partial charge in [0.1, 0.15) is 12.2 Å². The van der Waals surface area contributed by atoms with Crippen LogP contribution in [0.4, 0.5) is 0 Å². The summed E-state index contributed by atoms with van der Waals surface area (Å²) < 4.78 is 10.7. The van der Waals surface area contributed by atoms with Gasteiger partial charge in [0.2, 0.25) is 5.91 Å². The second-order valence-corrected chi connectivity index (χ2v) is 5.40. The van der Waals surface area contributed by atoms with Gasteiger partial charge in [-0.2, -0.15) is 0 Å². The average molecular weight is 256 g/mol. The first-order valence-corrected chi connectivity index (χ1v) is 6.75. The van der Waals surface area contributed by atoms with Gasteiger partial charge in [-0.25, -0.2) is 0 Å². The molecule has 2 aliphatic rings. The molecule has 1 aliphatic heterocycles. The Morgan fingerprint density at radius 3 is 2.00 bits per heavy atom. The third-order valence-electron chi connectivity index (χ3n) is 4.25. The lowest BCUT2D eigenvalue weighted by Gasteiger charge is -2.28. The Balaban J connectivity index is 1.90. The van der Waals surface area contributed by atoms with Crippen molar-refractivity contribution in [3.05, 3.63) is 0 Å². The quantitative estimate of drug-likeness (QED) is 0.792. The number of amides is 1. The summed E-state index contributed by atoms with van der Waals surface area (Å²) in [6.45, 7) is 1.30. The fraction of sp³-hybridized carbons (Fsp3) is 0.923. The molecule has 2 rings (SSSR count). The van der Waals surface area contributed by atoms with E-state index >= 15 is 0 Å². The molecular weight excluding hydrogens is 232 g/mol. The number of nitrogens with zero attached hydrogens (tertiary/aromatic N) is 1. The summed E-state index contributed by atoms with van der Waals surface area (Å²) in [4.78, 5) is 14.3. The fourth-order valence-electron chi connectivity index (χ4n) is 3.00. The zero-order valence-electron chi connectivity index (χ0n) is 11.3. The van der Waals surface area contributed by atoms with Gasteiger partial charge in [-0.1, -0.05) is 0 Å².